The molecule has 0 aliphatic carbocycles. The second kappa shape index (κ2) is 6.90. The molecule has 2 N–H and O–H groups in total. The highest BCUT2D eigenvalue weighted by Gasteiger charge is 2.01. The molecule has 0 saturated carbocycles. The van der Waals surface area contributed by atoms with Crippen molar-refractivity contribution >= 4 is 11.8 Å². The molecule has 0 aliphatic heterocycles. The van der Waals surface area contributed by atoms with Crippen molar-refractivity contribution in [3.8, 4) is 0 Å². The van der Waals surface area contributed by atoms with E-state index in [1.165, 1.54) is 23.5 Å². The molecule has 3 nitrogen and oxygen atoms in total. The topological polar surface area (TPSA) is 43.8 Å². The minimum Gasteiger partial charge on any atom is -0.328 e. The molecule has 1 aromatic heterocycles. The summed E-state index contributed by atoms with van der Waals surface area (Å²) in [4.78, 5) is 0. The third-order valence-electron chi connectivity index (χ3n) is 2.12. The molecule has 0 radical (unpaired) electrons. The molecule has 1 unspecified atom stereocenters. The number of thioether (sulfide) groups is 1. The highest BCUT2D eigenvalue weighted by atomic mass is 32.2. The highest BCUT2D eigenvalue weighted by molar-refractivity contribution is 7.99. The number of hydrogen-bond donors (Lipinski definition) is 1. The first kappa shape index (κ1) is 12.6. The molecule has 4 heteroatoms. The van der Waals surface area contributed by atoms with Gasteiger partial charge in [0, 0.05) is 18.8 Å². The van der Waals surface area contributed by atoms with Crippen LogP contribution in [0.4, 0.5) is 0 Å². The van der Waals surface area contributed by atoms with Crippen molar-refractivity contribution in [2.24, 2.45) is 5.73 Å². The lowest BCUT2D eigenvalue weighted by atomic mass is 10.1. The Morgan fingerprint density at radius 1 is 1.60 bits per heavy atom. The van der Waals surface area contributed by atoms with Crippen LogP contribution in [-0.2, 0) is 13.0 Å². The van der Waals surface area contributed by atoms with E-state index in [1.807, 2.05) is 29.6 Å². The molecular formula is C11H21N3S. The van der Waals surface area contributed by atoms with Gasteiger partial charge in [0.1, 0.15) is 0 Å². The largest absolute Gasteiger partial charge is 0.328 e. The fourth-order valence-corrected chi connectivity index (χ4v) is 2.10. The van der Waals surface area contributed by atoms with Crippen LogP contribution in [0.1, 0.15) is 25.8 Å². The van der Waals surface area contributed by atoms with Gasteiger partial charge in [-0.15, -0.1) is 0 Å². The quantitative estimate of drug-likeness (QED) is 0.724. The van der Waals surface area contributed by atoms with E-state index in [4.69, 9.17) is 5.73 Å². The Hall–Kier alpha value is -0.480. The van der Waals surface area contributed by atoms with Gasteiger partial charge in [-0.05, 0) is 36.8 Å². The summed E-state index contributed by atoms with van der Waals surface area (Å²) in [5.41, 5.74) is 6.98. The van der Waals surface area contributed by atoms with Gasteiger partial charge in [-0.2, -0.15) is 16.9 Å². The predicted octanol–water partition coefficient (Wildman–Crippen LogP) is 1.92. The standard InChI is InChI=1S/C11H21N3S/c1-3-15-6-4-5-14-9-11(8-13-14)7-10(2)12/h8-10H,3-7,12H2,1-2H3. The van der Waals surface area contributed by atoms with Crippen LogP contribution in [-0.4, -0.2) is 27.3 Å². The van der Waals surface area contributed by atoms with Crippen molar-refractivity contribution in [3.63, 3.8) is 0 Å². The third kappa shape index (κ3) is 5.23. The molecule has 0 fully saturated rings. The number of nitrogens with zero attached hydrogens (tertiary/aromatic N) is 2. The van der Waals surface area contributed by atoms with Crippen molar-refractivity contribution in [2.75, 3.05) is 11.5 Å². The lowest BCUT2D eigenvalue weighted by Gasteiger charge is -2.01. The summed E-state index contributed by atoms with van der Waals surface area (Å²) in [6.07, 6.45) is 6.15. The van der Waals surface area contributed by atoms with Crippen molar-refractivity contribution in [2.45, 2.75) is 39.3 Å². The lowest BCUT2D eigenvalue weighted by Crippen LogP contribution is -2.17. The van der Waals surface area contributed by atoms with Crippen LogP contribution < -0.4 is 5.73 Å². The van der Waals surface area contributed by atoms with Gasteiger partial charge in [-0.3, -0.25) is 4.68 Å². The Bertz CT molecular complexity index is 271. The lowest BCUT2D eigenvalue weighted by molar-refractivity contribution is 0.605. The summed E-state index contributed by atoms with van der Waals surface area (Å²) in [5.74, 6) is 2.42. The molecule has 0 bridgehead atoms. The van der Waals surface area contributed by atoms with Gasteiger partial charge < -0.3 is 5.73 Å². The van der Waals surface area contributed by atoms with Crippen LogP contribution in [0, 0.1) is 0 Å². The fourth-order valence-electron chi connectivity index (χ4n) is 1.48. The van der Waals surface area contributed by atoms with E-state index in [1.54, 1.807) is 0 Å². The Morgan fingerprint density at radius 3 is 3.07 bits per heavy atom. The number of aromatic nitrogens is 2. The van der Waals surface area contributed by atoms with Crippen LogP contribution in [0.3, 0.4) is 0 Å². The first-order valence-corrected chi connectivity index (χ1v) is 6.72. The van der Waals surface area contributed by atoms with Gasteiger partial charge in [-0.25, -0.2) is 0 Å². The fraction of sp³-hybridized carbons (Fsp3) is 0.727. The van der Waals surface area contributed by atoms with E-state index < -0.39 is 0 Å². The molecule has 1 rings (SSSR count). The number of nitrogens with two attached hydrogens (primary N) is 1. The summed E-state index contributed by atoms with van der Waals surface area (Å²) in [5, 5.41) is 4.32. The summed E-state index contributed by atoms with van der Waals surface area (Å²) in [7, 11) is 0. The maximum absolute atomic E-state index is 5.73. The van der Waals surface area contributed by atoms with E-state index in [-0.39, 0.29) is 6.04 Å². The summed E-state index contributed by atoms with van der Waals surface area (Å²) in [6.45, 7) is 5.24. The van der Waals surface area contributed by atoms with Crippen LogP contribution in [0.2, 0.25) is 0 Å². The van der Waals surface area contributed by atoms with Gasteiger partial charge in [0.05, 0.1) is 6.20 Å². The summed E-state index contributed by atoms with van der Waals surface area (Å²) < 4.78 is 2.02. The number of hydrogen-bond acceptors (Lipinski definition) is 3. The molecule has 0 saturated heterocycles. The first-order valence-electron chi connectivity index (χ1n) is 5.57. The van der Waals surface area contributed by atoms with E-state index >= 15 is 0 Å². The Kier molecular flexibility index (Phi) is 5.79. The van der Waals surface area contributed by atoms with Gasteiger partial charge in [0.15, 0.2) is 0 Å². The zero-order valence-corrected chi connectivity index (χ0v) is 10.5. The molecule has 86 valence electrons. The maximum Gasteiger partial charge on any atom is 0.0522 e. The average Bonchev–Trinajstić information content (AvgIpc) is 2.59. The van der Waals surface area contributed by atoms with Crippen LogP contribution in [0.25, 0.3) is 0 Å². The molecule has 15 heavy (non-hydrogen) atoms. The maximum atomic E-state index is 5.73. The number of rotatable bonds is 7. The zero-order chi connectivity index (χ0) is 11.1. The van der Waals surface area contributed by atoms with Crippen LogP contribution in [0.5, 0.6) is 0 Å². The van der Waals surface area contributed by atoms with Crippen LogP contribution >= 0.6 is 11.8 Å². The van der Waals surface area contributed by atoms with Crippen molar-refractivity contribution < 1.29 is 0 Å². The first-order chi connectivity index (χ1) is 7.22. The second-order valence-corrected chi connectivity index (χ2v) is 5.24. The molecule has 0 amide bonds. The van der Waals surface area contributed by atoms with Gasteiger partial charge in [-0.1, -0.05) is 6.92 Å². The van der Waals surface area contributed by atoms with Crippen molar-refractivity contribution in [1.29, 1.82) is 0 Å². The normalized spacial score (nSPS) is 13.0. The summed E-state index contributed by atoms with van der Waals surface area (Å²) in [6, 6.07) is 0.221. The second-order valence-electron chi connectivity index (χ2n) is 3.84. The van der Waals surface area contributed by atoms with Crippen molar-refractivity contribution in [3.05, 3.63) is 18.0 Å². The van der Waals surface area contributed by atoms with Crippen molar-refractivity contribution in [1.82, 2.24) is 9.78 Å². The smallest absolute Gasteiger partial charge is 0.0522 e. The zero-order valence-electron chi connectivity index (χ0n) is 9.65. The molecule has 1 heterocycles. The minimum atomic E-state index is 0.221. The summed E-state index contributed by atoms with van der Waals surface area (Å²) >= 11 is 1.98. The predicted molar refractivity (Wildman–Crippen MR) is 67.2 cm³/mol. The molecule has 1 atom stereocenters. The van der Waals surface area contributed by atoms with Gasteiger partial charge >= 0.3 is 0 Å². The third-order valence-corrected chi connectivity index (χ3v) is 3.11. The highest BCUT2D eigenvalue weighted by Crippen LogP contribution is 2.05. The molecule has 0 spiro atoms. The molecule has 1 aromatic rings. The molecule has 0 aromatic carbocycles. The van der Waals surface area contributed by atoms with E-state index in [2.05, 4.69) is 18.2 Å². The van der Waals surface area contributed by atoms with Gasteiger partial charge in [0.2, 0.25) is 0 Å². The van der Waals surface area contributed by atoms with E-state index in [9.17, 15) is 0 Å². The van der Waals surface area contributed by atoms with E-state index in [0.717, 1.165) is 13.0 Å². The van der Waals surface area contributed by atoms with E-state index in [0.29, 0.717) is 0 Å². The molecule has 0 aliphatic rings. The van der Waals surface area contributed by atoms with Crippen LogP contribution in [0.15, 0.2) is 12.4 Å². The number of aryl methyl sites for hydroxylation is 1. The SMILES string of the molecule is CCSCCCn1cc(CC(C)N)cn1. The minimum absolute atomic E-state index is 0.221. The monoisotopic (exact) mass is 227 g/mol. The Labute approximate surface area is 96.4 Å². The Morgan fingerprint density at radius 2 is 2.40 bits per heavy atom. The van der Waals surface area contributed by atoms with Gasteiger partial charge in [0.25, 0.3) is 0 Å². The average molecular weight is 227 g/mol. The Balaban J connectivity index is 2.26. The molecular weight excluding hydrogens is 206 g/mol.